The predicted octanol–water partition coefficient (Wildman–Crippen LogP) is 3.36. The molecule has 1 aliphatic carbocycles. The molecule has 0 saturated heterocycles. The molecule has 1 fully saturated rings. The van der Waals surface area contributed by atoms with Gasteiger partial charge in [0, 0.05) is 11.4 Å². The van der Waals surface area contributed by atoms with Crippen LogP contribution in [0.25, 0.3) is 0 Å². The summed E-state index contributed by atoms with van der Waals surface area (Å²) in [7, 11) is 0. The Kier molecular flexibility index (Phi) is 5.21. The number of halogens is 1. The summed E-state index contributed by atoms with van der Waals surface area (Å²) < 4.78 is 1.04. The fourth-order valence-electron chi connectivity index (χ4n) is 2.76. The highest BCUT2D eigenvalue weighted by atomic mass is 79.9. The van der Waals surface area contributed by atoms with Crippen molar-refractivity contribution in [3.63, 3.8) is 0 Å². The number of hydrogen-bond acceptors (Lipinski definition) is 3. The van der Waals surface area contributed by atoms with E-state index in [0.29, 0.717) is 25.9 Å². The summed E-state index contributed by atoms with van der Waals surface area (Å²) in [6, 6.07) is 3.96. The van der Waals surface area contributed by atoms with Crippen molar-refractivity contribution in [2.45, 2.75) is 32.7 Å². The van der Waals surface area contributed by atoms with Crippen LogP contribution in [0.15, 0.2) is 15.9 Å². The van der Waals surface area contributed by atoms with Gasteiger partial charge in [-0.3, -0.25) is 9.59 Å². The van der Waals surface area contributed by atoms with Crippen molar-refractivity contribution in [1.29, 1.82) is 0 Å². The molecule has 0 bridgehead atoms. The second kappa shape index (κ2) is 6.72. The first-order valence-corrected chi connectivity index (χ1v) is 8.39. The molecule has 0 spiro atoms. The van der Waals surface area contributed by atoms with E-state index in [4.69, 9.17) is 0 Å². The van der Waals surface area contributed by atoms with E-state index in [2.05, 4.69) is 15.9 Å². The van der Waals surface area contributed by atoms with Crippen molar-refractivity contribution < 1.29 is 14.7 Å². The first-order chi connectivity index (χ1) is 9.52. The molecule has 1 heterocycles. The van der Waals surface area contributed by atoms with Gasteiger partial charge in [0.25, 0.3) is 0 Å². The third kappa shape index (κ3) is 3.41. The third-order valence-corrected chi connectivity index (χ3v) is 5.43. The number of amides is 1. The quantitative estimate of drug-likeness (QED) is 0.876. The summed E-state index contributed by atoms with van der Waals surface area (Å²) in [4.78, 5) is 26.6. The second-order valence-corrected chi connectivity index (χ2v) is 7.59. The van der Waals surface area contributed by atoms with Gasteiger partial charge in [0.2, 0.25) is 5.91 Å². The Bertz CT molecular complexity index is 502. The van der Waals surface area contributed by atoms with Crippen LogP contribution < -0.4 is 0 Å². The number of rotatable bonds is 5. The number of nitrogens with zero attached hydrogens (tertiary/aromatic N) is 1. The SMILES string of the molecule is CCN(Cc1ccc(Br)s1)C(=O)C1CCCC1C(=O)O. The molecule has 2 rings (SSSR count). The molecule has 0 aliphatic heterocycles. The summed E-state index contributed by atoms with van der Waals surface area (Å²) in [5, 5.41) is 9.21. The molecule has 4 nitrogen and oxygen atoms in total. The van der Waals surface area contributed by atoms with Gasteiger partial charge in [-0.15, -0.1) is 11.3 Å². The first-order valence-electron chi connectivity index (χ1n) is 6.78. The molecule has 0 aromatic carbocycles. The lowest BCUT2D eigenvalue weighted by Gasteiger charge is -2.25. The smallest absolute Gasteiger partial charge is 0.307 e. The Balaban J connectivity index is 2.06. The van der Waals surface area contributed by atoms with Gasteiger partial charge in [-0.1, -0.05) is 6.42 Å². The number of thiophene rings is 1. The number of hydrogen-bond donors (Lipinski definition) is 1. The molecule has 1 aromatic rings. The van der Waals surface area contributed by atoms with E-state index in [1.54, 1.807) is 16.2 Å². The van der Waals surface area contributed by atoms with Gasteiger partial charge in [-0.05, 0) is 47.8 Å². The summed E-state index contributed by atoms with van der Waals surface area (Å²) in [5.74, 6) is -1.71. The van der Waals surface area contributed by atoms with Gasteiger partial charge in [-0.2, -0.15) is 0 Å². The van der Waals surface area contributed by atoms with Gasteiger partial charge >= 0.3 is 5.97 Å². The molecule has 1 N–H and O–H groups in total. The highest BCUT2D eigenvalue weighted by Crippen LogP contribution is 2.34. The molecule has 6 heteroatoms. The molecule has 20 heavy (non-hydrogen) atoms. The topological polar surface area (TPSA) is 57.6 Å². The number of carboxylic acids is 1. The van der Waals surface area contributed by atoms with Crippen LogP contribution in [0.3, 0.4) is 0 Å². The summed E-state index contributed by atoms with van der Waals surface area (Å²) >= 11 is 5.02. The minimum atomic E-state index is -0.837. The van der Waals surface area contributed by atoms with Crippen LogP contribution in [-0.2, 0) is 16.1 Å². The van der Waals surface area contributed by atoms with Crippen molar-refractivity contribution >= 4 is 39.1 Å². The van der Waals surface area contributed by atoms with E-state index in [1.165, 1.54) is 0 Å². The number of carboxylic acid groups (broad SMARTS) is 1. The predicted molar refractivity (Wildman–Crippen MR) is 81.6 cm³/mol. The van der Waals surface area contributed by atoms with Crippen molar-refractivity contribution in [1.82, 2.24) is 4.90 Å². The van der Waals surface area contributed by atoms with Gasteiger partial charge < -0.3 is 10.0 Å². The fraction of sp³-hybridized carbons (Fsp3) is 0.571. The van der Waals surface area contributed by atoms with E-state index >= 15 is 0 Å². The maximum absolute atomic E-state index is 12.6. The molecular weight excluding hydrogens is 342 g/mol. The molecule has 1 saturated carbocycles. The van der Waals surface area contributed by atoms with E-state index in [9.17, 15) is 14.7 Å². The molecule has 110 valence electrons. The van der Waals surface area contributed by atoms with Crippen LogP contribution in [0.1, 0.15) is 31.1 Å². The lowest BCUT2D eigenvalue weighted by atomic mass is 9.94. The van der Waals surface area contributed by atoms with E-state index in [1.807, 2.05) is 19.1 Å². The van der Waals surface area contributed by atoms with Crippen LogP contribution in [0.4, 0.5) is 0 Å². The Morgan fingerprint density at radius 2 is 2.10 bits per heavy atom. The lowest BCUT2D eigenvalue weighted by Crippen LogP contribution is -2.38. The van der Waals surface area contributed by atoms with E-state index in [0.717, 1.165) is 15.1 Å². The number of carbonyl (C=O) groups is 2. The lowest BCUT2D eigenvalue weighted by molar-refractivity contribution is -0.149. The van der Waals surface area contributed by atoms with Gasteiger partial charge in [0.15, 0.2) is 0 Å². The molecule has 2 atom stereocenters. The monoisotopic (exact) mass is 359 g/mol. The zero-order chi connectivity index (χ0) is 14.7. The minimum Gasteiger partial charge on any atom is -0.481 e. The zero-order valence-corrected chi connectivity index (χ0v) is 13.7. The normalized spacial score (nSPS) is 21.9. The van der Waals surface area contributed by atoms with Crippen molar-refractivity contribution in [2.75, 3.05) is 6.54 Å². The standard InChI is InChI=1S/C14H18BrNO3S/c1-2-16(8-9-6-7-12(15)20-9)13(17)10-4-3-5-11(10)14(18)19/h6-7,10-11H,2-5,8H2,1H3,(H,18,19). The second-order valence-electron chi connectivity index (χ2n) is 5.04. The first kappa shape index (κ1) is 15.5. The fourth-order valence-corrected chi connectivity index (χ4v) is 4.26. The van der Waals surface area contributed by atoms with Crippen LogP contribution in [0, 0.1) is 11.8 Å². The maximum atomic E-state index is 12.6. The summed E-state index contributed by atoms with van der Waals surface area (Å²) in [6.07, 6.45) is 2.14. The number of carbonyl (C=O) groups excluding carboxylic acids is 1. The van der Waals surface area contributed by atoms with Crippen LogP contribution in [0.5, 0.6) is 0 Å². The molecular formula is C14H18BrNO3S. The van der Waals surface area contributed by atoms with Crippen molar-refractivity contribution in [3.05, 3.63) is 20.8 Å². The van der Waals surface area contributed by atoms with Crippen LogP contribution >= 0.6 is 27.3 Å². The molecule has 0 radical (unpaired) electrons. The Hall–Kier alpha value is -0.880. The molecule has 1 aliphatic rings. The number of aliphatic carboxylic acids is 1. The van der Waals surface area contributed by atoms with Gasteiger partial charge in [0.1, 0.15) is 0 Å². The zero-order valence-electron chi connectivity index (χ0n) is 11.3. The maximum Gasteiger partial charge on any atom is 0.307 e. The van der Waals surface area contributed by atoms with Crippen molar-refractivity contribution in [2.24, 2.45) is 11.8 Å². The van der Waals surface area contributed by atoms with Crippen LogP contribution in [0.2, 0.25) is 0 Å². The molecule has 1 amide bonds. The van der Waals surface area contributed by atoms with E-state index < -0.39 is 11.9 Å². The highest BCUT2D eigenvalue weighted by molar-refractivity contribution is 9.11. The highest BCUT2D eigenvalue weighted by Gasteiger charge is 2.39. The Labute approximate surface area is 130 Å². The molecule has 1 aromatic heterocycles. The van der Waals surface area contributed by atoms with Crippen molar-refractivity contribution in [3.8, 4) is 0 Å². The summed E-state index contributed by atoms with van der Waals surface area (Å²) in [5.41, 5.74) is 0. The Morgan fingerprint density at radius 3 is 2.65 bits per heavy atom. The minimum absolute atomic E-state index is 0.0121. The summed E-state index contributed by atoms with van der Waals surface area (Å²) in [6.45, 7) is 3.11. The van der Waals surface area contributed by atoms with E-state index in [-0.39, 0.29) is 11.8 Å². The van der Waals surface area contributed by atoms with Gasteiger partial charge in [0.05, 0.1) is 22.2 Å². The molecule has 2 unspecified atom stereocenters. The van der Waals surface area contributed by atoms with Gasteiger partial charge in [-0.25, -0.2) is 0 Å². The Morgan fingerprint density at radius 1 is 1.40 bits per heavy atom. The van der Waals surface area contributed by atoms with Crippen LogP contribution in [-0.4, -0.2) is 28.4 Å². The average molecular weight is 360 g/mol. The average Bonchev–Trinajstić information content (AvgIpc) is 3.03. The third-order valence-electron chi connectivity index (χ3n) is 3.82. The largest absolute Gasteiger partial charge is 0.481 e.